The maximum Gasteiger partial charge on any atom is 0.180 e. The number of para-hydroxylation sites is 1. The summed E-state index contributed by atoms with van der Waals surface area (Å²) in [5.41, 5.74) is 0.559. The molecule has 1 aromatic carbocycles. The lowest BCUT2D eigenvalue weighted by molar-refractivity contribution is -0.0369. The van der Waals surface area contributed by atoms with Crippen molar-refractivity contribution in [3.63, 3.8) is 0 Å². The van der Waals surface area contributed by atoms with Crippen LogP contribution in [0.25, 0.3) is 0 Å². The number of ether oxygens (including phenoxy) is 2. The van der Waals surface area contributed by atoms with E-state index in [0.29, 0.717) is 30.4 Å². The maximum absolute atomic E-state index is 9.06. The Morgan fingerprint density at radius 1 is 1.48 bits per heavy atom. The second-order valence-electron chi connectivity index (χ2n) is 5.40. The topological polar surface area (TPSA) is 87.1 Å². The number of hydrogen-bond acceptors (Lipinski definition) is 6. The zero-order chi connectivity index (χ0) is 16.1. The fraction of sp³-hybridized carbons (Fsp3) is 0.438. The van der Waals surface area contributed by atoms with Crippen LogP contribution >= 0.6 is 0 Å². The highest BCUT2D eigenvalue weighted by Gasteiger charge is 2.24. The molecule has 1 aromatic heterocycles. The van der Waals surface area contributed by atoms with Crippen LogP contribution in [0.4, 0.5) is 0 Å². The molecule has 1 atom stereocenters. The van der Waals surface area contributed by atoms with Crippen LogP contribution in [0, 0.1) is 18.3 Å². The van der Waals surface area contributed by atoms with E-state index in [2.05, 4.69) is 26.2 Å². The number of hydrogen-bond donors (Lipinski definition) is 1. The molecule has 3 rings (SSSR count). The molecule has 0 saturated carbocycles. The molecule has 0 amide bonds. The van der Waals surface area contributed by atoms with Crippen LogP contribution in [-0.4, -0.2) is 52.9 Å². The molecular weight excluding hydrogens is 294 g/mol. The molecule has 1 aliphatic rings. The summed E-state index contributed by atoms with van der Waals surface area (Å²) in [7, 11) is 0. The molecule has 7 nitrogen and oxygen atoms in total. The van der Waals surface area contributed by atoms with Crippen molar-refractivity contribution in [3.05, 3.63) is 41.5 Å². The number of nitrogens with zero attached hydrogens (tertiary/aromatic N) is 4. The summed E-state index contributed by atoms with van der Waals surface area (Å²) < 4.78 is 11.5. The molecule has 1 aliphatic heterocycles. The van der Waals surface area contributed by atoms with Crippen molar-refractivity contribution in [2.75, 3.05) is 32.8 Å². The number of rotatable bonds is 5. The zero-order valence-corrected chi connectivity index (χ0v) is 13.0. The van der Waals surface area contributed by atoms with E-state index in [4.69, 9.17) is 14.7 Å². The highest BCUT2D eigenvalue weighted by molar-refractivity contribution is 5.42. The molecule has 0 aliphatic carbocycles. The molecule has 0 unspecified atom stereocenters. The molecule has 0 spiro atoms. The summed E-state index contributed by atoms with van der Waals surface area (Å²) in [6.45, 7) is 5.40. The van der Waals surface area contributed by atoms with Gasteiger partial charge in [-0.25, -0.2) is 4.98 Å². The van der Waals surface area contributed by atoms with Crippen LogP contribution < -0.4 is 4.74 Å². The minimum Gasteiger partial charge on any atom is -0.491 e. The van der Waals surface area contributed by atoms with Crippen LogP contribution in [0.5, 0.6) is 5.75 Å². The van der Waals surface area contributed by atoms with Gasteiger partial charge in [-0.3, -0.25) is 10.00 Å². The predicted octanol–water partition coefficient (Wildman–Crippen LogP) is 1.44. The first-order chi connectivity index (χ1) is 11.3. The van der Waals surface area contributed by atoms with Crippen molar-refractivity contribution in [2.45, 2.75) is 13.0 Å². The predicted molar refractivity (Wildman–Crippen MR) is 82.9 cm³/mol. The van der Waals surface area contributed by atoms with Gasteiger partial charge >= 0.3 is 0 Å². The minimum absolute atomic E-state index is 0.111. The zero-order valence-electron chi connectivity index (χ0n) is 13.0. The van der Waals surface area contributed by atoms with Crippen molar-refractivity contribution in [2.24, 2.45) is 0 Å². The molecule has 1 saturated heterocycles. The van der Waals surface area contributed by atoms with Crippen molar-refractivity contribution >= 4 is 0 Å². The minimum atomic E-state index is -0.111. The van der Waals surface area contributed by atoms with E-state index in [0.717, 1.165) is 25.5 Å². The Kier molecular flexibility index (Phi) is 4.86. The Morgan fingerprint density at radius 3 is 3.13 bits per heavy atom. The average molecular weight is 313 g/mol. The van der Waals surface area contributed by atoms with E-state index in [1.807, 2.05) is 25.1 Å². The molecular formula is C16H19N5O2. The van der Waals surface area contributed by atoms with Gasteiger partial charge in [0.2, 0.25) is 0 Å². The van der Waals surface area contributed by atoms with Crippen LogP contribution in [0.1, 0.15) is 23.3 Å². The normalized spacial score (nSPS) is 18.5. The van der Waals surface area contributed by atoms with Crippen molar-refractivity contribution < 1.29 is 9.47 Å². The SMILES string of the molecule is Cc1nc([C@H]2CN(CCOc3ccccc3C#N)CCO2)n[nH]1. The van der Waals surface area contributed by atoms with Gasteiger partial charge in [-0.15, -0.1) is 0 Å². The van der Waals surface area contributed by atoms with Crippen LogP contribution in [0.2, 0.25) is 0 Å². The van der Waals surface area contributed by atoms with Crippen LogP contribution in [-0.2, 0) is 4.74 Å². The van der Waals surface area contributed by atoms with Gasteiger partial charge in [0.05, 0.1) is 12.2 Å². The van der Waals surface area contributed by atoms with Crippen LogP contribution in [0.15, 0.2) is 24.3 Å². The number of benzene rings is 1. The number of morpholine rings is 1. The molecule has 0 radical (unpaired) electrons. The van der Waals surface area contributed by atoms with Crippen molar-refractivity contribution in [1.29, 1.82) is 5.26 Å². The fourth-order valence-corrected chi connectivity index (χ4v) is 2.54. The Bertz CT molecular complexity index is 694. The quantitative estimate of drug-likeness (QED) is 0.898. The van der Waals surface area contributed by atoms with Gasteiger partial charge < -0.3 is 9.47 Å². The monoisotopic (exact) mass is 313 g/mol. The summed E-state index contributed by atoms with van der Waals surface area (Å²) in [6, 6.07) is 9.41. The second-order valence-corrected chi connectivity index (χ2v) is 5.40. The van der Waals surface area contributed by atoms with Gasteiger partial charge in [0.15, 0.2) is 5.82 Å². The number of aromatic nitrogens is 3. The van der Waals surface area contributed by atoms with Crippen molar-refractivity contribution in [3.8, 4) is 11.8 Å². The number of H-pyrrole nitrogens is 1. The fourth-order valence-electron chi connectivity index (χ4n) is 2.54. The van der Waals surface area contributed by atoms with Crippen molar-refractivity contribution in [1.82, 2.24) is 20.1 Å². The summed E-state index contributed by atoms with van der Waals surface area (Å²) in [5.74, 6) is 2.12. The molecule has 0 bridgehead atoms. The standard InChI is InChI=1S/C16H19N5O2/c1-12-18-16(20-19-12)15-11-21(7-9-23-15)6-8-22-14-5-3-2-4-13(14)10-17/h2-5,15H,6-9,11H2,1H3,(H,18,19,20)/t15-/m1/s1. The van der Waals surface area contributed by atoms with Gasteiger partial charge in [0.25, 0.3) is 0 Å². The van der Waals surface area contributed by atoms with E-state index in [1.54, 1.807) is 6.07 Å². The number of aromatic amines is 1. The van der Waals surface area contributed by atoms with E-state index >= 15 is 0 Å². The van der Waals surface area contributed by atoms with Gasteiger partial charge in [-0.05, 0) is 19.1 Å². The van der Waals surface area contributed by atoms with Gasteiger partial charge in [0.1, 0.15) is 30.4 Å². The molecule has 2 aromatic rings. The van der Waals surface area contributed by atoms with Gasteiger partial charge in [-0.1, -0.05) is 12.1 Å². The lowest BCUT2D eigenvalue weighted by atomic mass is 10.2. The second kappa shape index (κ2) is 7.22. The third-order valence-electron chi connectivity index (χ3n) is 3.73. The Labute approximate surface area is 134 Å². The lowest BCUT2D eigenvalue weighted by Crippen LogP contribution is -2.40. The van der Waals surface area contributed by atoms with E-state index in [-0.39, 0.29) is 6.10 Å². The molecule has 2 heterocycles. The van der Waals surface area contributed by atoms with Gasteiger partial charge in [0, 0.05) is 19.6 Å². The first-order valence-electron chi connectivity index (χ1n) is 7.61. The summed E-state index contributed by atoms with van der Waals surface area (Å²) in [4.78, 5) is 6.59. The molecule has 7 heteroatoms. The molecule has 1 fully saturated rings. The van der Waals surface area contributed by atoms with E-state index < -0.39 is 0 Å². The van der Waals surface area contributed by atoms with Crippen LogP contribution in [0.3, 0.4) is 0 Å². The summed E-state index contributed by atoms with van der Waals surface area (Å²) in [6.07, 6.45) is -0.111. The summed E-state index contributed by atoms with van der Waals surface area (Å²) >= 11 is 0. The largest absolute Gasteiger partial charge is 0.491 e. The molecule has 1 N–H and O–H groups in total. The highest BCUT2D eigenvalue weighted by Crippen LogP contribution is 2.19. The van der Waals surface area contributed by atoms with Gasteiger partial charge in [-0.2, -0.15) is 10.4 Å². The van der Waals surface area contributed by atoms with E-state index in [1.165, 1.54) is 0 Å². The number of nitrogens with one attached hydrogen (secondary N) is 1. The smallest absolute Gasteiger partial charge is 0.180 e. The lowest BCUT2D eigenvalue weighted by Gasteiger charge is -2.31. The van der Waals surface area contributed by atoms with E-state index in [9.17, 15) is 0 Å². The first-order valence-corrected chi connectivity index (χ1v) is 7.61. The molecule has 120 valence electrons. The third kappa shape index (κ3) is 3.86. The third-order valence-corrected chi connectivity index (χ3v) is 3.73. The molecule has 23 heavy (non-hydrogen) atoms. The number of nitriles is 1. The Morgan fingerprint density at radius 2 is 2.35 bits per heavy atom. The highest BCUT2D eigenvalue weighted by atomic mass is 16.5. The average Bonchev–Trinajstić information content (AvgIpc) is 3.02. The Hall–Kier alpha value is -2.43. The summed E-state index contributed by atoms with van der Waals surface area (Å²) in [5, 5.41) is 16.1. The maximum atomic E-state index is 9.06. The first kappa shape index (κ1) is 15.5. The Balaban J connectivity index is 1.51. The number of aryl methyl sites for hydroxylation is 1.